The molecule has 0 saturated heterocycles. The number of para-hydroxylation sites is 2. The van der Waals surface area contributed by atoms with Crippen molar-refractivity contribution >= 4 is 23.1 Å². The average Bonchev–Trinajstić information content (AvgIpc) is 3.34. The summed E-state index contributed by atoms with van der Waals surface area (Å²) in [7, 11) is 1.63. The summed E-state index contributed by atoms with van der Waals surface area (Å²) in [4.78, 5) is 36.1. The van der Waals surface area contributed by atoms with Gasteiger partial charge in [-0.3, -0.25) is 9.59 Å². The van der Waals surface area contributed by atoms with Crippen molar-refractivity contribution in [3.8, 4) is 5.75 Å². The van der Waals surface area contributed by atoms with Crippen molar-refractivity contribution in [3.63, 3.8) is 0 Å². The number of nitrogens with zero attached hydrogens (tertiary/aromatic N) is 2. The van der Waals surface area contributed by atoms with Gasteiger partial charge in [-0.05, 0) is 41.7 Å². The van der Waals surface area contributed by atoms with E-state index in [9.17, 15) is 9.59 Å². The van der Waals surface area contributed by atoms with Gasteiger partial charge in [-0.25, -0.2) is 4.98 Å². The summed E-state index contributed by atoms with van der Waals surface area (Å²) in [6, 6.07) is 15.3. The molecule has 1 aliphatic heterocycles. The summed E-state index contributed by atoms with van der Waals surface area (Å²) >= 11 is 0. The first-order chi connectivity index (χ1) is 17.8. The number of amides is 1. The van der Waals surface area contributed by atoms with Gasteiger partial charge in [-0.2, -0.15) is 0 Å². The third-order valence-corrected chi connectivity index (χ3v) is 7.02. The van der Waals surface area contributed by atoms with Crippen molar-refractivity contribution in [2.45, 2.75) is 39.2 Å². The first-order valence-corrected chi connectivity index (χ1v) is 12.6. The number of imidazole rings is 1. The minimum absolute atomic E-state index is 0.103. The molecule has 3 aromatic rings. The Morgan fingerprint density at radius 1 is 1.16 bits per heavy atom. The second-order valence-corrected chi connectivity index (χ2v) is 10.5. The number of methoxy groups -OCH3 is 1. The molecule has 0 bridgehead atoms. The number of hydrogen-bond acceptors (Lipinski definition) is 6. The van der Waals surface area contributed by atoms with Gasteiger partial charge in [0.05, 0.1) is 37.4 Å². The highest BCUT2D eigenvalue weighted by Gasteiger charge is 2.41. The fraction of sp³-hybridized carbons (Fsp3) is 0.345. The van der Waals surface area contributed by atoms with E-state index in [0.717, 1.165) is 46.1 Å². The van der Waals surface area contributed by atoms with Gasteiger partial charge in [-0.15, -0.1) is 0 Å². The second-order valence-electron chi connectivity index (χ2n) is 10.5. The number of Topliss-reactive ketones (excluding diaryl/α,β-unsaturated/α-hetero) is 1. The molecular formula is C29H33N5O3. The number of aromatic amines is 1. The zero-order chi connectivity index (χ0) is 26.0. The number of nitrogens with one attached hydrogen (secondary N) is 3. The third kappa shape index (κ3) is 5.23. The highest BCUT2D eigenvalue weighted by atomic mass is 16.5. The maximum Gasteiger partial charge on any atom is 0.239 e. The maximum atomic E-state index is 13.7. The number of ketones is 1. The lowest BCUT2D eigenvalue weighted by Crippen LogP contribution is -2.42. The molecule has 5 rings (SSSR count). The van der Waals surface area contributed by atoms with Gasteiger partial charge in [0.15, 0.2) is 5.78 Å². The Labute approximate surface area is 217 Å². The molecule has 0 fully saturated rings. The molecule has 2 aromatic carbocycles. The summed E-state index contributed by atoms with van der Waals surface area (Å²) in [5.74, 6) is 0.738. The lowest BCUT2D eigenvalue weighted by Gasteiger charge is -2.38. The Morgan fingerprint density at radius 3 is 2.68 bits per heavy atom. The van der Waals surface area contributed by atoms with E-state index in [-0.39, 0.29) is 23.7 Å². The molecular weight excluding hydrogens is 466 g/mol. The summed E-state index contributed by atoms with van der Waals surface area (Å²) in [5.41, 5.74) is 5.18. The predicted octanol–water partition coefficient (Wildman–Crippen LogP) is 4.39. The summed E-state index contributed by atoms with van der Waals surface area (Å²) in [6.07, 6.45) is 5.26. The molecule has 8 heteroatoms. The molecule has 37 heavy (non-hydrogen) atoms. The van der Waals surface area contributed by atoms with E-state index in [2.05, 4.69) is 34.4 Å². The molecule has 1 aliphatic carbocycles. The number of H-pyrrole nitrogens is 1. The Balaban J connectivity index is 1.54. The molecule has 3 N–H and O–H groups in total. The van der Waals surface area contributed by atoms with Crippen molar-refractivity contribution in [2.75, 3.05) is 30.4 Å². The molecule has 2 aliphatic rings. The van der Waals surface area contributed by atoms with Crippen LogP contribution in [0.5, 0.6) is 5.75 Å². The predicted molar refractivity (Wildman–Crippen MR) is 143 cm³/mol. The highest BCUT2D eigenvalue weighted by molar-refractivity contribution is 6.01. The Kier molecular flexibility index (Phi) is 6.74. The number of carbonyl (C=O) groups is 2. The zero-order valence-electron chi connectivity index (χ0n) is 21.5. The molecule has 1 aromatic heterocycles. The van der Waals surface area contributed by atoms with Crippen LogP contribution in [0.15, 0.2) is 72.3 Å². The molecule has 8 nitrogen and oxygen atoms in total. The molecule has 1 unspecified atom stereocenters. The monoisotopic (exact) mass is 499 g/mol. The topological polar surface area (TPSA) is 99.3 Å². The first kappa shape index (κ1) is 24.6. The van der Waals surface area contributed by atoms with Crippen molar-refractivity contribution < 1.29 is 14.3 Å². The standard InChI is InChI=1S/C29H33N5O3/c1-29(2)14-23-27(25(35)15-29)28(19-8-10-21(37-3)11-9-19)34(24-7-5-4-6-22(24)33-23)17-26(36)31-13-12-20-16-30-18-32-20/h4-11,16,18,28,33H,12-15,17H2,1-3H3,(H,30,32)(H,31,36). The number of carbonyl (C=O) groups excluding carboxylic acids is 2. The van der Waals surface area contributed by atoms with E-state index in [1.165, 1.54) is 0 Å². The minimum Gasteiger partial charge on any atom is -0.497 e. The normalized spacial score (nSPS) is 18.4. The number of allylic oxidation sites excluding steroid dienone is 1. The SMILES string of the molecule is COc1ccc(C2C3=C(CC(C)(C)CC3=O)Nc3ccccc3N2CC(=O)NCCc2cnc[nH]2)cc1. The van der Waals surface area contributed by atoms with Crippen LogP contribution in [0.25, 0.3) is 0 Å². The molecule has 1 amide bonds. The number of anilines is 2. The van der Waals surface area contributed by atoms with Crippen molar-refractivity contribution in [2.24, 2.45) is 5.41 Å². The molecule has 0 radical (unpaired) electrons. The lowest BCUT2D eigenvalue weighted by molar-refractivity contribution is -0.120. The van der Waals surface area contributed by atoms with Gasteiger partial charge in [0.25, 0.3) is 0 Å². The average molecular weight is 500 g/mol. The third-order valence-electron chi connectivity index (χ3n) is 7.02. The maximum absolute atomic E-state index is 13.7. The van der Waals surface area contributed by atoms with Gasteiger partial charge in [-0.1, -0.05) is 38.1 Å². The number of hydrogen-bond donors (Lipinski definition) is 3. The van der Waals surface area contributed by atoms with Crippen LogP contribution in [-0.2, 0) is 16.0 Å². The Hall–Kier alpha value is -4.07. The van der Waals surface area contributed by atoms with Crippen LogP contribution >= 0.6 is 0 Å². The second kappa shape index (κ2) is 10.1. The quantitative estimate of drug-likeness (QED) is 0.446. The summed E-state index contributed by atoms with van der Waals surface area (Å²) in [6.45, 7) is 4.84. The summed E-state index contributed by atoms with van der Waals surface area (Å²) in [5, 5.41) is 6.62. The smallest absolute Gasteiger partial charge is 0.239 e. The van der Waals surface area contributed by atoms with E-state index in [4.69, 9.17) is 4.74 Å². The molecule has 2 heterocycles. The van der Waals surface area contributed by atoms with Crippen LogP contribution in [0.1, 0.15) is 44.0 Å². The van der Waals surface area contributed by atoms with Crippen LogP contribution in [0, 0.1) is 5.41 Å². The van der Waals surface area contributed by atoms with E-state index < -0.39 is 6.04 Å². The molecule has 0 spiro atoms. The molecule has 1 atom stereocenters. The van der Waals surface area contributed by atoms with Gasteiger partial charge in [0.1, 0.15) is 5.75 Å². The van der Waals surface area contributed by atoms with Crippen LogP contribution in [0.4, 0.5) is 11.4 Å². The van der Waals surface area contributed by atoms with Crippen molar-refractivity contribution in [1.29, 1.82) is 0 Å². The van der Waals surface area contributed by atoms with E-state index in [1.807, 2.05) is 53.4 Å². The van der Waals surface area contributed by atoms with Gasteiger partial charge in [0, 0.05) is 42.5 Å². The minimum atomic E-state index is -0.418. The number of benzene rings is 2. The number of aromatic nitrogens is 2. The van der Waals surface area contributed by atoms with Crippen molar-refractivity contribution in [1.82, 2.24) is 15.3 Å². The van der Waals surface area contributed by atoms with E-state index >= 15 is 0 Å². The largest absolute Gasteiger partial charge is 0.497 e. The van der Waals surface area contributed by atoms with Crippen LogP contribution in [-0.4, -0.2) is 41.9 Å². The van der Waals surface area contributed by atoms with Gasteiger partial charge < -0.3 is 25.3 Å². The number of ether oxygens (including phenoxy) is 1. The summed E-state index contributed by atoms with van der Waals surface area (Å²) < 4.78 is 5.38. The van der Waals surface area contributed by atoms with Gasteiger partial charge in [0.2, 0.25) is 5.91 Å². The number of fused-ring (bicyclic) bond motifs is 1. The Bertz CT molecular complexity index is 1310. The highest BCUT2D eigenvalue weighted by Crippen LogP contribution is 2.48. The number of rotatable bonds is 7. The Morgan fingerprint density at radius 2 is 1.95 bits per heavy atom. The van der Waals surface area contributed by atoms with Crippen LogP contribution in [0.3, 0.4) is 0 Å². The van der Waals surface area contributed by atoms with E-state index in [1.54, 1.807) is 19.6 Å². The van der Waals surface area contributed by atoms with Gasteiger partial charge >= 0.3 is 0 Å². The zero-order valence-corrected chi connectivity index (χ0v) is 21.5. The fourth-order valence-electron chi connectivity index (χ4n) is 5.33. The van der Waals surface area contributed by atoms with Crippen LogP contribution < -0.4 is 20.3 Å². The fourth-order valence-corrected chi connectivity index (χ4v) is 5.33. The molecule has 0 saturated carbocycles. The van der Waals surface area contributed by atoms with Crippen molar-refractivity contribution in [3.05, 3.63) is 83.6 Å². The first-order valence-electron chi connectivity index (χ1n) is 12.6. The van der Waals surface area contributed by atoms with Crippen LogP contribution in [0.2, 0.25) is 0 Å². The molecule has 192 valence electrons. The van der Waals surface area contributed by atoms with E-state index in [0.29, 0.717) is 19.4 Å². The lowest BCUT2D eigenvalue weighted by atomic mass is 9.73.